The van der Waals surface area contributed by atoms with Crippen LogP contribution in [0.2, 0.25) is 0 Å². The Bertz CT molecular complexity index is 558. The fraction of sp³-hybridized carbons (Fsp3) is 0.500. The van der Waals surface area contributed by atoms with E-state index >= 15 is 0 Å². The molecule has 1 amide bonds. The second-order valence-corrected chi connectivity index (χ2v) is 6.27. The van der Waals surface area contributed by atoms with Crippen molar-refractivity contribution in [3.05, 3.63) is 24.3 Å². The summed E-state index contributed by atoms with van der Waals surface area (Å²) in [4.78, 5) is 11.6. The molecule has 0 aliphatic rings. The Labute approximate surface area is 131 Å². The molecule has 3 N–H and O–H groups in total. The summed E-state index contributed by atoms with van der Waals surface area (Å²) in [5, 5.41) is 5.58. The monoisotopic (exact) mass is 329 g/mol. The smallest absolute Gasteiger partial charge is 0.240 e. The number of hydrogen-bond acceptors (Lipinski definition) is 5. The number of rotatable bonds is 10. The van der Waals surface area contributed by atoms with Gasteiger partial charge in [-0.15, -0.1) is 0 Å². The van der Waals surface area contributed by atoms with E-state index < -0.39 is 10.0 Å². The van der Waals surface area contributed by atoms with Crippen LogP contribution in [0.3, 0.4) is 0 Å². The lowest BCUT2D eigenvalue weighted by Gasteiger charge is -2.08. The van der Waals surface area contributed by atoms with Crippen LogP contribution < -0.4 is 20.1 Å². The predicted molar refractivity (Wildman–Crippen MR) is 84.4 cm³/mol. The molecule has 1 rings (SSSR count). The number of benzene rings is 1. The Morgan fingerprint density at radius 3 is 2.41 bits per heavy atom. The van der Waals surface area contributed by atoms with Gasteiger partial charge >= 0.3 is 0 Å². The molecule has 8 heteroatoms. The van der Waals surface area contributed by atoms with Crippen LogP contribution >= 0.6 is 0 Å². The van der Waals surface area contributed by atoms with Crippen molar-refractivity contribution >= 4 is 15.9 Å². The lowest BCUT2D eigenvalue weighted by molar-refractivity contribution is -0.120. The molecule has 0 saturated heterocycles. The molecule has 0 aliphatic carbocycles. The molecule has 0 saturated carbocycles. The highest BCUT2D eigenvalue weighted by molar-refractivity contribution is 7.89. The number of carbonyl (C=O) groups excluding carboxylic acids is 1. The molecule has 0 aromatic heterocycles. The molecule has 0 spiro atoms. The molecule has 0 atom stereocenters. The second kappa shape index (κ2) is 9.39. The first kappa shape index (κ1) is 18.4. The summed E-state index contributed by atoms with van der Waals surface area (Å²) in [5.41, 5.74) is 0. The molecule has 0 fully saturated rings. The van der Waals surface area contributed by atoms with Gasteiger partial charge in [0.2, 0.25) is 15.9 Å². The van der Waals surface area contributed by atoms with Gasteiger partial charge in [-0.05, 0) is 38.2 Å². The van der Waals surface area contributed by atoms with Crippen LogP contribution in [0.5, 0.6) is 5.75 Å². The van der Waals surface area contributed by atoms with E-state index in [4.69, 9.17) is 4.74 Å². The number of amides is 1. The number of ether oxygens (including phenoxy) is 1. The van der Waals surface area contributed by atoms with Gasteiger partial charge in [-0.25, -0.2) is 13.1 Å². The van der Waals surface area contributed by atoms with Crippen LogP contribution in [0.15, 0.2) is 29.2 Å². The highest BCUT2D eigenvalue weighted by Crippen LogP contribution is 2.15. The van der Waals surface area contributed by atoms with Gasteiger partial charge in [-0.3, -0.25) is 4.79 Å². The molecule has 22 heavy (non-hydrogen) atoms. The quantitative estimate of drug-likeness (QED) is 0.529. The van der Waals surface area contributed by atoms with Crippen LogP contribution in [0.1, 0.15) is 13.3 Å². The third-order valence-electron chi connectivity index (χ3n) is 2.79. The highest BCUT2D eigenvalue weighted by Gasteiger charge is 2.14. The first-order valence-electron chi connectivity index (χ1n) is 7.13. The van der Waals surface area contributed by atoms with Crippen LogP contribution in [0.4, 0.5) is 0 Å². The van der Waals surface area contributed by atoms with Gasteiger partial charge in [-0.1, -0.05) is 0 Å². The Hall–Kier alpha value is -1.64. The van der Waals surface area contributed by atoms with E-state index in [0.717, 1.165) is 0 Å². The standard InChI is InChI=1S/C14H23N3O4S/c1-3-21-12-4-6-13(7-5-12)22(19,20)17-9-8-14(18)16-11-10-15-2/h4-7,15,17H,3,8-11H2,1-2H3,(H,16,18). The average molecular weight is 329 g/mol. The van der Waals surface area contributed by atoms with Crippen molar-refractivity contribution in [3.8, 4) is 5.75 Å². The van der Waals surface area contributed by atoms with Gasteiger partial charge in [0, 0.05) is 26.1 Å². The van der Waals surface area contributed by atoms with Gasteiger partial charge in [0.05, 0.1) is 11.5 Å². The maximum Gasteiger partial charge on any atom is 0.240 e. The average Bonchev–Trinajstić information content (AvgIpc) is 2.48. The normalized spacial score (nSPS) is 11.2. The van der Waals surface area contributed by atoms with E-state index in [0.29, 0.717) is 25.4 Å². The molecule has 0 unspecified atom stereocenters. The first-order chi connectivity index (χ1) is 10.5. The zero-order valence-electron chi connectivity index (χ0n) is 12.9. The van der Waals surface area contributed by atoms with Gasteiger partial charge in [0.15, 0.2) is 0 Å². The van der Waals surface area contributed by atoms with Crippen LogP contribution in [-0.2, 0) is 14.8 Å². The molecule has 0 heterocycles. The Kier molecular flexibility index (Phi) is 7.86. The number of carbonyl (C=O) groups is 1. The Morgan fingerprint density at radius 2 is 1.82 bits per heavy atom. The fourth-order valence-electron chi connectivity index (χ4n) is 1.68. The van der Waals surface area contributed by atoms with E-state index in [9.17, 15) is 13.2 Å². The summed E-state index contributed by atoms with van der Waals surface area (Å²) in [7, 11) is -1.82. The molecule has 1 aromatic carbocycles. The number of hydrogen-bond donors (Lipinski definition) is 3. The third-order valence-corrected chi connectivity index (χ3v) is 4.26. The van der Waals surface area contributed by atoms with Crippen molar-refractivity contribution in [1.29, 1.82) is 0 Å². The molecule has 0 radical (unpaired) electrons. The molecular weight excluding hydrogens is 306 g/mol. The molecule has 1 aromatic rings. The van der Waals surface area contributed by atoms with Crippen LogP contribution in [0.25, 0.3) is 0 Å². The zero-order valence-corrected chi connectivity index (χ0v) is 13.7. The minimum Gasteiger partial charge on any atom is -0.494 e. The third kappa shape index (κ3) is 6.42. The summed E-state index contributed by atoms with van der Waals surface area (Å²) in [6, 6.07) is 6.14. The van der Waals surface area contributed by atoms with Gasteiger partial charge in [0.1, 0.15) is 5.75 Å². The second-order valence-electron chi connectivity index (χ2n) is 4.51. The van der Waals surface area contributed by atoms with E-state index in [1.54, 1.807) is 19.2 Å². The van der Waals surface area contributed by atoms with Crippen LogP contribution in [-0.4, -0.2) is 47.6 Å². The number of likely N-dealkylation sites (N-methyl/N-ethyl adjacent to an activating group) is 1. The summed E-state index contributed by atoms with van der Waals surface area (Å²) in [6.45, 7) is 3.62. The van der Waals surface area contributed by atoms with E-state index in [1.807, 2.05) is 6.92 Å². The van der Waals surface area contributed by atoms with Gasteiger partial charge in [-0.2, -0.15) is 0 Å². The first-order valence-corrected chi connectivity index (χ1v) is 8.61. The lowest BCUT2D eigenvalue weighted by Crippen LogP contribution is -2.33. The minimum absolute atomic E-state index is 0.0565. The maximum atomic E-state index is 12.0. The van der Waals surface area contributed by atoms with Crippen molar-refractivity contribution < 1.29 is 17.9 Å². The van der Waals surface area contributed by atoms with Crippen molar-refractivity contribution in [1.82, 2.24) is 15.4 Å². The van der Waals surface area contributed by atoms with Gasteiger partial charge in [0.25, 0.3) is 0 Å². The lowest BCUT2D eigenvalue weighted by atomic mass is 10.3. The van der Waals surface area contributed by atoms with E-state index in [1.165, 1.54) is 12.1 Å². The molecule has 0 aliphatic heterocycles. The molecular formula is C14H23N3O4S. The Balaban J connectivity index is 2.45. The number of sulfonamides is 1. The van der Waals surface area contributed by atoms with E-state index in [-0.39, 0.29) is 23.8 Å². The van der Waals surface area contributed by atoms with Crippen molar-refractivity contribution in [2.45, 2.75) is 18.2 Å². The van der Waals surface area contributed by atoms with Crippen LogP contribution in [0, 0.1) is 0 Å². The summed E-state index contributed by atoms with van der Waals surface area (Å²) >= 11 is 0. The topological polar surface area (TPSA) is 96.5 Å². The highest BCUT2D eigenvalue weighted by atomic mass is 32.2. The van der Waals surface area contributed by atoms with E-state index in [2.05, 4.69) is 15.4 Å². The molecule has 7 nitrogen and oxygen atoms in total. The van der Waals surface area contributed by atoms with Crippen molar-refractivity contribution in [2.75, 3.05) is 33.3 Å². The Morgan fingerprint density at radius 1 is 1.14 bits per heavy atom. The summed E-state index contributed by atoms with van der Waals surface area (Å²) in [5.74, 6) is 0.426. The van der Waals surface area contributed by atoms with Gasteiger partial charge < -0.3 is 15.4 Å². The summed E-state index contributed by atoms with van der Waals surface area (Å²) in [6.07, 6.45) is 0.0972. The largest absolute Gasteiger partial charge is 0.494 e. The van der Waals surface area contributed by atoms with Crippen molar-refractivity contribution in [3.63, 3.8) is 0 Å². The predicted octanol–water partition coefficient (Wildman–Crippen LogP) is 0.0893. The zero-order chi connectivity index (χ0) is 16.4. The minimum atomic E-state index is -3.61. The summed E-state index contributed by atoms with van der Waals surface area (Å²) < 4.78 is 31.8. The molecule has 124 valence electrons. The van der Waals surface area contributed by atoms with Crippen molar-refractivity contribution in [2.24, 2.45) is 0 Å². The number of nitrogens with one attached hydrogen (secondary N) is 3. The SMILES string of the molecule is CCOc1ccc(S(=O)(=O)NCCC(=O)NCCNC)cc1. The maximum absolute atomic E-state index is 12.0. The fourth-order valence-corrected chi connectivity index (χ4v) is 2.71. The molecule has 0 bridgehead atoms.